The first-order valence-electron chi connectivity index (χ1n) is 4.49. The Morgan fingerprint density at radius 1 is 1.45 bits per heavy atom. The zero-order valence-corrected chi connectivity index (χ0v) is 8.26. The van der Waals surface area contributed by atoms with Gasteiger partial charge in [-0.25, -0.2) is 0 Å². The van der Waals surface area contributed by atoms with Crippen molar-refractivity contribution >= 4 is 17.2 Å². The first-order chi connectivity index (χ1) is 5.22. The van der Waals surface area contributed by atoms with Crippen molar-refractivity contribution in [3.05, 3.63) is 0 Å². The van der Waals surface area contributed by atoms with Gasteiger partial charge in [0.25, 0.3) is 0 Å². The van der Waals surface area contributed by atoms with Crippen molar-refractivity contribution in [1.29, 1.82) is 0 Å². The quantitative estimate of drug-likeness (QED) is 0.641. The maximum atomic E-state index is 5.18. The number of piperidine rings is 1. The van der Waals surface area contributed by atoms with E-state index in [-0.39, 0.29) is 0 Å². The number of rotatable bonds is 2. The molecule has 0 unspecified atom stereocenters. The molecular weight excluding hydrogens is 154 g/mol. The second-order valence-electron chi connectivity index (χ2n) is 3.48. The van der Waals surface area contributed by atoms with Gasteiger partial charge in [0.1, 0.15) is 0 Å². The highest BCUT2D eigenvalue weighted by Gasteiger charge is 2.30. The molecule has 0 aliphatic carbocycles. The largest absolute Gasteiger partial charge is 0.380 e. The summed E-state index contributed by atoms with van der Waals surface area (Å²) in [6.07, 6.45) is 4.94. The van der Waals surface area contributed by atoms with Crippen molar-refractivity contribution in [2.24, 2.45) is 5.41 Å². The van der Waals surface area contributed by atoms with E-state index in [0.29, 0.717) is 5.41 Å². The van der Waals surface area contributed by atoms with Crippen LogP contribution in [-0.4, -0.2) is 11.5 Å². The molecule has 1 aliphatic heterocycles. The third kappa shape index (κ3) is 1.92. The lowest BCUT2D eigenvalue weighted by atomic mass is 9.75. The second kappa shape index (κ2) is 3.53. The van der Waals surface area contributed by atoms with Gasteiger partial charge in [-0.1, -0.05) is 38.9 Å². The molecule has 0 radical (unpaired) electrons. The van der Waals surface area contributed by atoms with Crippen LogP contribution in [0.5, 0.6) is 0 Å². The van der Waals surface area contributed by atoms with Gasteiger partial charge in [-0.05, 0) is 11.8 Å². The Morgan fingerprint density at radius 2 is 2.09 bits per heavy atom. The van der Waals surface area contributed by atoms with E-state index in [1.54, 1.807) is 0 Å². The molecule has 0 spiro atoms. The Hall–Kier alpha value is -0.110. The van der Waals surface area contributed by atoms with Crippen molar-refractivity contribution in [3.8, 4) is 0 Å². The smallest absolute Gasteiger partial charge is 0.0758 e. The third-order valence-electron chi connectivity index (χ3n) is 3.01. The molecule has 0 amide bonds. The van der Waals surface area contributed by atoms with E-state index in [4.69, 9.17) is 12.2 Å². The van der Waals surface area contributed by atoms with Gasteiger partial charge in [0.15, 0.2) is 0 Å². The van der Waals surface area contributed by atoms with Gasteiger partial charge in [-0.15, -0.1) is 0 Å². The molecule has 0 aromatic rings. The van der Waals surface area contributed by atoms with Crippen LogP contribution in [0.1, 0.15) is 39.5 Å². The molecule has 64 valence electrons. The van der Waals surface area contributed by atoms with Gasteiger partial charge >= 0.3 is 0 Å². The molecule has 1 aliphatic rings. The van der Waals surface area contributed by atoms with E-state index >= 15 is 0 Å². The summed E-state index contributed by atoms with van der Waals surface area (Å²) >= 11 is 5.18. The van der Waals surface area contributed by atoms with Crippen molar-refractivity contribution in [2.45, 2.75) is 39.5 Å². The van der Waals surface area contributed by atoms with Gasteiger partial charge in [-0.2, -0.15) is 0 Å². The Morgan fingerprint density at radius 3 is 2.45 bits per heavy atom. The number of hydrogen-bond acceptors (Lipinski definition) is 1. The molecular formula is C9H17NS. The Kier molecular flexibility index (Phi) is 2.88. The molecule has 1 heterocycles. The van der Waals surface area contributed by atoms with Crippen LogP contribution < -0.4 is 5.32 Å². The Labute approximate surface area is 74.6 Å². The van der Waals surface area contributed by atoms with Crippen molar-refractivity contribution < 1.29 is 0 Å². The average molecular weight is 171 g/mol. The molecule has 1 rings (SSSR count). The molecule has 0 bridgehead atoms. The normalized spacial score (nSPS) is 22.9. The topological polar surface area (TPSA) is 12.0 Å². The van der Waals surface area contributed by atoms with E-state index in [9.17, 15) is 0 Å². The van der Waals surface area contributed by atoms with Gasteiger partial charge in [0, 0.05) is 13.0 Å². The zero-order valence-electron chi connectivity index (χ0n) is 7.44. The maximum Gasteiger partial charge on any atom is 0.0758 e. The highest BCUT2D eigenvalue weighted by molar-refractivity contribution is 7.80. The summed E-state index contributed by atoms with van der Waals surface area (Å²) in [5.41, 5.74) is 0.530. The summed E-state index contributed by atoms with van der Waals surface area (Å²) in [7, 11) is 0. The minimum Gasteiger partial charge on any atom is -0.380 e. The maximum absolute atomic E-state index is 5.18. The lowest BCUT2D eigenvalue weighted by Gasteiger charge is -2.36. The van der Waals surface area contributed by atoms with Crippen LogP contribution in [0.15, 0.2) is 0 Å². The third-order valence-corrected chi connectivity index (χ3v) is 3.30. The fraction of sp³-hybridized carbons (Fsp3) is 0.889. The van der Waals surface area contributed by atoms with Gasteiger partial charge in [0.05, 0.1) is 4.99 Å². The minimum atomic E-state index is 0.530. The molecule has 1 N–H and O–H groups in total. The lowest BCUT2D eigenvalue weighted by molar-refractivity contribution is 0.237. The van der Waals surface area contributed by atoms with Crippen LogP contribution >= 0.6 is 12.2 Å². The van der Waals surface area contributed by atoms with Crippen LogP contribution in [0, 0.1) is 5.41 Å². The fourth-order valence-electron chi connectivity index (χ4n) is 1.81. The van der Waals surface area contributed by atoms with Crippen LogP contribution in [-0.2, 0) is 0 Å². The molecule has 2 heteroatoms. The lowest BCUT2D eigenvalue weighted by Crippen LogP contribution is -2.39. The number of hydrogen-bond donors (Lipinski definition) is 1. The van der Waals surface area contributed by atoms with E-state index < -0.39 is 0 Å². The van der Waals surface area contributed by atoms with Crippen LogP contribution in [0.25, 0.3) is 0 Å². The second-order valence-corrected chi connectivity index (χ2v) is 3.98. The molecule has 1 nitrogen and oxygen atoms in total. The highest BCUT2D eigenvalue weighted by atomic mass is 32.1. The highest BCUT2D eigenvalue weighted by Crippen LogP contribution is 2.36. The predicted molar refractivity (Wildman–Crippen MR) is 52.8 cm³/mol. The Bertz CT molecular complexity index is 150. The number of nitrogens with one attached hydrogen (secondary N) is 1. The molecule has 0 atom stereocenters. The van der Waals surface area contributed by atoms with Gasteiger partial charge in [0.2, 0.25) is 0 Å². The standard InChI is InChI=1S/C9H17NS/c1-3-9(4-2)5-6-10-8(11)7-9/h3-7H2,1-2H3,(H,10,11). The zero-order chi connectivity index (χ0) is 8.32. The summed E-state index contributed by atoms with van der Waals surface area (Å²) < 4.78 is 0. The fourth-order valence-corrected chi connectivity index (χ4v) is 2.22. The van der Waals surface area contributed by atoms with Gasteiger partial charge < -0.3 is 5.32 Å². The summed E-state index contributed by atoms with van der Waals surface area (Å²) in [6, 6.07) is 0. The number of thiocarbonyl (C=S) groups is 1. The van der Waals surface area contributed by atoms with Crippen molar-refractivity contribution in [3.63, 3.8) is 0 Å². The summed E-state index contributed by atoms with van der Waals surface area (Å²) in [6.45, 7) is 5.63. The summed E-state index contributed by atoms with van der Waals surface area (Å²) in [5, 5.41) is 3.24. The van der Waals surface area contributed by atoms with E-state index in [1.165, 1.54) is 19.3 Å². The van der Waals surface area contributed by atoms with E-state index in [1.807, 2.05) is 0 Å². The molecule has 0 saturated carbocycles. The first-order valence-corrected chi connectivity index (χ1v) is 4.90. The van der Waals surface area contributed by atoms with Crippen molar-refractivity contribution in [1.82, 2.24) is 5.32 Å². The monoisotopic (exact) mass is 171 g/mol. The molecule has 1 saturated heterocycles. The van der Waals surface area contributed by atoms with Crippen molar-refractivity contribution in [2.75, 3.05) is 6.54 Å². The molecule has 1 fully saturated rings. The van der Waals surface area contributed by atoms with Crippen LogP contribution in [0.2, 0.25) is 0 Å². The van der Waals surface area contributed by atoms with Crippen LogP contribution in [0.4, 0.5) is 0 Å². The molecule has 0 aromatic heterocycles. The van der Waals surface area contributed by atoms with E-state index in [0.717, 1.165) is 18.0 Å². The summed E-state index contributed by atoms with van der Waals surface area (Å²) in [4.78, 5) is 1.07. The van der Waals surface area contributed by atoms with E-state index in [2.05, 4.69) is 19.2 Å². The predicted octanol–water partition coefficient (Wildman–Crippen LogP) is 2.50. The summed E-state index contributed by atoms with van der Waals surface area (Å²) in [5.74, 6) is 0. The van der Waals surface area contributed by atoms with Gasteiger partial charge in [-0.3, -0.25) is 0 Å². The van der Waals surface area contributed by atoms with Crippen LogP contribution in [0.3, 0.4) is 0 Å². The SMILES string of the molecule is CCC1(CC)CCNC(=S)C1. The molecule has 0 aromatic carbocycles. The molecule has 11 heavy (non-hydrogen) atoms. The first kappa shape index (κ1) is 8.98. The minimum absolute atomic E-state index is 0.530. The Balaban J connectivity index is 2.59. The average Bonchev–Trinajstić information content (AvgIpc) is 2.04.